The molecule has 6 nitrogen and oxygen atoms in total. The lowest BCUT2D eigenvalue weighted by molar-refractivity contribution is -0.123. The molecular formula is C18H27N3O3. The highest BCUT2D eigenvalue weighted by Crippen LogP contribution is 2.42. The van der Waals surface area contributed by atoms with Gasteiger partial charge >= 0.3 is 5.69 Å². The predicted molar refractivity (Wildman–Crippen MR) is 91.0 cm³/mol. The van der Waals surface area contributed by atoms with Crippen LogP contribution in [0.4, 0.5) is 0 Å². The maximum atomic E-state index is 12.0. The first-order chi connectivity index (χ1) is 11.5. The summed E-state index contributed by atoms with van der Waals surface area (Å²) in [5.74, 6) is 2.41. The summed E-state index contributed by atoms with van der Waals surface area (Å²) in [5.41, 5.74) is 1.00. The van der Waals surface area contributed by atoms with E-state index in [0.29, 0.717) is 11.6 Å². The summed E-state index contributed by atoms with van der Waals surface area (Å²) >= 11 is 0. The number of H-pyrrole nitrogens is 1. The molecule has 24 heavy (non-hydrogen) atoms. The van der Waals surface area contributed by atoms with Crippen molar-refractivity contribution in [1.82, 2.24) is 15.3 Å². The number of amides is 1. The molecule has 3 rings (SSSR count). The summed E-state index contributed by atoms with van der Waals surface area (Å²) in [5, 5.41) is 2.98. The molecule has 0 saturated heterocycles. The van der Waals surface area contributed by atoms with Crippen molar-refractivity contribution in [3.8, 4) is 5.88 Å². The number of hydrogen-bond donors (Lipinski definition) is 2. The second-order valence-corrected chi connectivity index (χ2v) is 7.43. The normalized spacial score (nSPS) is 26.0. The lowest BCUT2D eigenvalue weighted by Crippen LogP contribution is -2.37. The van der Waals surface area contributed by atoms with Gasteiger partial charge in [0.2, 0.25) is 5.88 Å². The van der Waals surface area contributed by atoms with Crippen LogP contribution in [0, 0.1) is 31.6 Å². The second kappa shape index (κ2) is 7.36. The Hall–Kier alpha value is -1.85. The number of ether oxygens (including phenoxy) is 1. The number of fused-ring (bicyclic) bond motifs is 2. The maximum Gasteiger partial charge on any atom is 0.348 e. The van der Waals surface area contributed by atoms with E-state index in [-0.39, 0.29) is 18.4 Å². The van der Waals surface area contributed by atoms with Gasteiger partial charge in [0.25, 0.3) is 5.91 Å². The van der Waals surface area contributed by atoms with Gasteiger partial charge in [-0.25, -0.2) is 4.79 Å². The SMILES string of the molecule is Cc1[nH]c(=O)nc(OCC(=O)NCC2CC3CCCC(C3)C2)c1C. The van der Waals surface area contributed by atoms with Crippen LogP contribution >= 0.6 is 0 Å². The molecule has 2 fully saturated rings. The third kappa shape index (κ3) is 4.16. The van der Waals surface area contributed by atoms with Crippen LogP contribution in [0.3, 0.4) is 0 Å². The molecule has 1 aromatic rings. The van der Waals surface area contributed by atoms with Crippen LogP contribution in [0.1, 0.15) is 49.8 Å². The lowest BCUT2D eigenvalue weighted by Gasteiger charge is -2.39. The largest absolute Gasteiger partial charge is 0.467 e. The first-order valence-electron chi connectivity index (χ1n) is 8.98. The van der Waals surface area contributed by atoms with E-state index in [1.807, 2.05) is 6.92 Å². The monoisotopic (exact) mass is 333 g/mol. The Kier molecular flexibility index (Phi) is 5.21. The van der Waals surface area contributed by atoms with Gasteiger partial charge in [0.15, 0.2) is 6.61 Å². The van der Waals surface area contributed by atoms with E-state index in [0.717, 1.165) is 23.9 Å². The van der Waals surface area contributed by atoms with E-state index >= 15 is 0 Å². The number of carbonyl (C=O) groups is 1. The van der Waals surface area contributed by atoms with Gasteiger partial charge in [-0.2, -0.15) is 4.98 Å². The number of aromatic amines is 1. The highest BCUT2D eigenvalue weighted by atomic mass is 16.5. The van der Waals surface area contributed by atoms with E-state index in [4.69, 9.17) is 4.74 Å². The zero-order valence-corrected chi connectivity index (χ0v) is 14.6. The summed E-state index contributed by atoms with van der Waals surface area (Å²) in [6, 6.07) is 0. The number of aromatic nitrogens is 2. The third-order valence-electron chi connectivity index (χ3n) is 5.53. The van der Waals surface area contributed by atoms with Gasteiger partial charge < -0.3 is 15.0 Å². The molecule has 0 aliphatic heterocycles. The molecule has 0 spiro atoms. The number of hydrogen-bond acceptors (Lipinski definition) is 4. The summed E-state index contributed by atoms with van der Waals surface area (Å²) in [6.45, 7) is 4.23. The molecule has 2 bridgehead atoms. The Morgan fingerprint density at radius 3 is 2.67 bits per heavy atom. The molecule has 1 amide bonds. The van der Waals surface area contributed by atoms with Crippen molar-refractivity contribution < 1.29 is 9.53 Å². The van der Waals surface area contributed by atoms with Gasteiger partial charge in [0.1, 0.15) is 0 Å². The minimum Gasteiger partial charge on any atom is -0.467 e. The Morgan fingerprint density at radius 2 is 1.96 bits per heavy atom. The molecule has 0 radical (unpaired) electrons. The molecular weight excluding hydrogens is 306 g/mol. The minimum absolute atomic E-state index is 0.101. The van der Waals surface area contributed by atoms with E-state index in [9.17, 15) is 9.59 Å². The molecule has 1 heterocycles. The number of rotatable bonds is 5. The molecule has 2 atom stereocenters. The third-order valence-corrected chi connectivity index (χ3v) is 5.53. The minimum atomic E-state index is -0.456. The molecule has 2 N–H and O–H groups in total. The topological polar surface area (TPSA) is 84.1 Å². The fraction of sp³-hybridized carbons (Fsp3) is 0.722. The molecule has 132 valence electrons. The van der Waals surface area contributed by atoms with Crippen LogP contribution in [0.5, 0.6) is 5.88 Å². The predicted octanol–water partition coefficient (Wildman–Crippen LogP) is 2.10. The Balaban J connectivity index is 1.46. The van der Waals surface area contributed by atoms with Crippen molar-refractivity contribution >= 4 is 5.91 Å². The smallest absolute Gasteiger partial charge is 0.348 e. The number of nitrogens with zero attached hydrogens (tertiary/aromatic N) is 1. The van der Waals surface area contributed by atoms with Crippen LogP contribution in [-0.4, -0.2) is 29.0 Å². The zero-order valence-electron chi connectivity index (χ0n) is 14.6. The zero-order chi connectivity index (χ0) is 17.1. The van der Waals surface area contributed by atoms with Crippen LogP contribution in [0.25, 0.3) is 0 Å². The Morgan fingerprint density at radius 1 is 1.25 bits per heavy atom. The summed E-state index contributed by atoms with van der Waals surface area (Å²) < 4.78 is 5.43. The van der Waals surface area contributed by atoms with Crippen molar-refractivity contribution in [2.75, 3.05) is 13.2 Å². The maximum absolute atomic E-state index is 12.0. The van der Waals surface area contributed by atoms with Crippen LogP contribution in [0.15, 0.2) is 4.79 Å². The van der Waals surface area contributed by atoms with E-state index in [1.54, 1.807) is 6.92 Å². The molecule has 2 aliphatic rings. The highest BCUT2D eigenvalue weighted by molar-refractivity contribution is 5.77. The second-order valence-electron chi connectivity index (χ2n) is 7.43. The first-order valence-corrected chi connectivity index (χ1v) is 8.98. The average Bonchev–Trinajstić information content (AvgIpc) is 2.54. The standard InChI is InChI=1S/C18H27N3O3/c1-11-12(2)20-18(23)21-17(11)24-10-16(22)19-9-15-7-13-4-3-5-14(6-13)8-15/h13-15H,3-10H2,1-2H3,(H,19,22)(H,20,21,23). The van der Waals surface area contributed by atoms with Gasteiger partial charge in [-0.05, 0) is 50.9 Å². The van der Waals surface area contributed by atoms with Crippen molar-refractivity contribution in [3.63, 3.8) is 0 Å². The first kappa shape index (κ1) is 17.0. The summed E-state index contributed by atoms with van der Waals surface area (Å²) in [6.07, 6.45) is 7.97. The summed E-state index contributed by atoms with van der Waals surface area (Å²) in [7, 11) is 0. The van der Waals surface area contributed by atoms with Crippen LogP contribution in [-0.2, 0) is 4.79 Å². The molecule has 6 heteroatoms. The molecule has 1 aromatic heterocycles. The number of carbonyl (C=O) groups excluding carboxylic acids is 1. The molecule has 2 aliphatic carbocycles. The van der Waals surface area contributed by atoms with Gasteiger partial charge in [0.05, 0.1) is 0 Å². The van der Waals surface area contributed by atoms with Gasteiger partial charge in [-0.15, -0.1) is 0 Å². The van der Waals surface area contributed by atoms with Crippen molar-refractivity contribution in [1.29, 1.82) is 0 Å². The van der Waals surface area contributed by atoms with E-state index < -0.39 is 5.69 Å². The Labute approximate surface area is 142 Å². The molecule has 0 aromatic carbocycles. The fourth-order valence-corrected chi connectivity index (χ4v) is 4.24. The van der Waals surface area contributed by atoms with Crippen LogP contribution in [0.2, 0.25) is 0 Å². The van der Waals surface area contributed by atoms with Crippen molar-refractivity contribution in [3.05, 3.63) is 21.7 Å². The van der Waals surface area contributed by atoms with Gasteiger partial charge in [-0.1, -0.05) is 19.3 Å². The number of nitrogens with one attached hydrogen (secondary N) is 2. The van der Waals surface area contributed by atoms with Crippen LogP contribution < -0.4 is 15.7 Å². The fourth-order valence-electron chi connectivity index (χ4n) is 4.24. The van der Waals surface area contributed by atoms with Crippen molar-refractivity contribution in [2.45, 2.75) is 52.4 Å². The van der Waals surface area contributed by atoms with E-state index in [1.165, 1.54) is 38.5 Å². The Bertz CT molecular complexity index is 643. The highest BCUT2D eigenvalue weighted by Gasteiger charge is 2.31. The molecule has 2 saturated carbocycles. The average molecular weight is 333 g/mol. The molecule has 2 unspecified atom stereocenters. The van der Waals surface area contributed by atoms with E-state index in [2.05, 4.69) is 15.3 Å². The summed E-state index contributed by atoms with van der Waals surface area (Å²) in [4.78, 5) is 29.8. The van der Waals surface area contributed by atoms with Gasteiger partial charge in [-0.3, -0.25) is 4.79 Å². The lowest BCUT2D eigenvalue weighted by atomic mass is 9.68. The number of aryl methyl sites for hydroxylation is 1. The van der Waals surface area contributed by atoms with Crippen molar-refractivity contribution in [2.24, 2.45) is 17.8 Å². The quantitative estimate of drug-likeness (QED) is 0.864. The van der Waals surface area contributed by atoms with Gasteiger partial charge in [0, 0.05) is 17.8 Å².